The summed E-state index contributed by atoms with van der Waals surface area (Å²) in [6.07, 6.45) is -9.49. The molecular formula is C19H13F6N3O2S. The van der Waals surface area contributed by atoms with Crippen molar-refractivity contribution < 1.29 is 35.9 Å². The van der Waals surface area contributed by atoms with Crippen LogP contribution in [0.2, 0.25) is 0 Å². The van der Waals surface area contributed by atoms with Crippen LogP contribution in [0, 0.1) is 0 Å². The molecule has 1 heterocycles. The first kappa shape index (κ1) is 22.7. The number of carbonyl (C=O) groups excluding carboxylic acids is 2. The monoisotopic (exact) mass is 461 g/mol. The van der Waals surface area contributed by atoms with Crippen LogP contribution in [0.15, 0.2) is 53.5 Å². The normalized spacial score (nSPS) is 18.2. The zero-order valence-corrected chi connectivity index (χ0v) is 16.2. The maximum Gasteiger partial charge on any atom is 0.416 e. The van der Waals surface area contributed by atoms with Gasteiger partial charge >= 0.3 is 12.4 Å². The second-order valence-electron chi connectivity index (χ2n) is 6.39. The lowest BCUT2D eigenvalue weighted by molar-refractivity contribution is -0.138. The summed E-state index contributed by atoms with van der Waals surface area (Å²) >= 11 is 0.841. The number of nitrogens with zero attached hydrogens (tertiary/aromatic N) is 1. The Kier molecular flexibility index (Phi) is 6.30. The third-order valence-electron chi connectivity index (χ3n) is 4.03. The van der Waals surface area contributed by atoms with Gasteiger partial charge in [-0.25, -0.2) is 4.99 Å². The molecule has 0 spiro atoms. The van der Waals surface area contributed by atoms with E-state index in [0.717, 1.165) is 42.1 Å². The highest BCUT2D eigenvalue weighted by molar-refractivity contribution is 8.15. The summed E-state index contributed by atoms with van der Waals surface area (Å²) in [6.45, 7) is 0. The number of alkyl halides is 6. The van der Waals surface area contributed by atoms with Crippen molar-refractivity contribution in [3.63, 3.8) is 0 Å². The summed E-state index contributed by atoms with van der Waals surface area (Å²) in [5.74, 6) is -1.29. The summed E-state index contributed by atoms with van der Waals surface area (Å²) in [6, 6.07) is 8.21. The highest BCUT2D eigenvalue weighted by Crippen LogP contribution is 2.33. The number of hydrogen-bond acceptors (Lipinski definition) is 4. The summed E-state index contributed by atoms with van der Waals surface area (Å²) in [5, 5.41) is 3.75. The summed E-state index contributed by atoms with van der Waals surface area (Å²) in [7, 11) is 0. The van der Waals surface area contributed by atoms with Crippen molar-refractivity contribution in [3.05, 3.63) is 59.7 Å². The Hall–Kier alpha value is -3.02. The molecule has 0 aliphatic carbocycles. The molecule has 0 bridgehead atoms. The van der Waals surface area contributed by atoms with E-state index < -0.39 is 40.5 Å². The molecule has 31 heavy (non-hydrogen) atoms. The van der Waals surface area contributed by atoms with Gasteiger partial charge in [-0.1, -0.05) is 23.9 Å². The van der Waals surface area contributed by atoms with Crippen LogP contribution in [0.1, 0.15) is 17.5 Å². The van der Waals surface area contributed by atoms with E-state index >= 15 is 0 Å². The lowest BCUT2D eigenvalue weighted by Crippen LogP contribution is -2.28. The molecule has 12 heteroatoms. The zero-order valence-electron chi connectivity index (χ0n) is 15.3. The number of hydrogen-bond donors (Lipinski definition) is 2. The first-order valence-electron chi connectivity index (χ1n) is 8.62. The first-order valence-corrected chi connectivity index (χ1v) is 9.50. The van der Waals surface area contributed by atoms with E-state index in [1.807, 2.05) is 0 Å². The number of aliphatic imine (C=N–C) groups is 1. The van der Waals surface area contributed by atoms with Crippen LogP contribution in [-0.2, 0) is 21.9 Å². The molecule has 1 aliphatic heterocycles. The Morgan fingerprint density at radius 1 is 1.00 bits per heavy atom. The first-order chi connectivity index (χ1) is 14.4. The predicted molar refractivity (Wildman–Crippen MR) is 103 cm³/mol. The topological polar surface area (TPSA) is 70.6 Å². The molecule has 164 valence electrons. The molecular weight excluding hydrogens is 448 g/mol. The van der Waals surface area contributed by atoms with Crippen LogP contribution in [-0.4, -0.2) is 22.2 Å². The third kappa shape index (κ3) is 6.00. The summed E-state index contributed by atoms with van der Waals surface area (Å²) in [4.78, 5) is 28.2. The number of amides is 2. The van der Waals surface area contributed by atoms with Gasteiger partial charge in [0.1, 0.15) is 5.25 Å². The standard InChI is InChI=1S/C19H13F6N3O2S/c20-18(21,22)10-3-1-5-12(7-10)26-15(29)9-14-16(30)28-17(31-14)27-13-6-2-4-11(8-13)19(23,24)25/h1-8,14H,9H2,(H,26,29)(H,27,28,30). The van der Waals surface area contributed by atoms with Gasteiger partial charge in [0, 0.05) is 12.1 Å². The van der Waals surface area contributed by atoms with Crippen molar-refractivity contribution in [1.29, 1.82) is 0 Å². The average Bonchev–Trinajstić information content (AvgIpc) is 2.99. The van der Waals surface area contributed by atoms with E-state index in [9.17, 15) is 35.9 Å². The Morgan fingerprint density at radius 3 is 2.26 bits per heavy atom. The van der Waals surface area contributed by atoms with E-state index in [-0.39, 0.29) is 23.0 Å². The van der Waals surface area contributed by atoms with Crippen molar-refractivity contribution in [2.75, 3.05) is 5.32 Å². The maximum atomic E-state index is 12.8. The molecule has 1 atom stereocenters. The van der Waals surface area contributed by atoms with Gasteiger partial charge < -0.3 is 10.6 Å². The second kappa shape index (κ2) is 8.61. The summed E-state index contributed by atoms with van der Waals surface area (Å²) in [5.41, 5.74) is -1.96. The highest BCUT2D eigenvalue weighted by atomic mass is 32.2. The third-order valence-corrected chi connectivity index (χ3v) is 5.11. The largest absolute Gasteiger partial charge is 0.416 e. The molecule has 1 aliphatic rings. The van der Waals surface area contributed by atoms with E-state index in [1.165, 1.54) is 18.2 Å². The second-order valence-corrected chi connectivity index (χ2v) is 7.58. The van der Waals surface area contributed by atoms with Gasteiger partial charge in [-0.3, -0.25) is 9.59 Å². The molecule has 1 fully saturated rings. The van der Waals surface area contributed by atoms with E-state index in [2.05, 4.69) is 15.6 Å². The van der Waals surface area contributed by atoms with Crippen molar-refractivity contribution in [2.24, 2.45) is 4.99 Å². The number of benzene rings is 2. The van der Waals surface area contributed by atoms with Gasteiger partial charge in [0.25, 0.3) is 0 Å². The van der Waals surface area contributed by atoms with Gasteiger partial charge in [0.2, 0.25) is 11.8 Å². The number of carbonyl (C=O) groups is 2. The number of amidine groups is 1. The lowest BCUT2D eigenvalue weighted by Gasteiger charge is -2.10. The van der Waals surface area contributed by atoms with E-state index in [4.69, 9.17) is 0 Å². The Morgan fingerprint density at radius 2 is 1.61 bits per heavy atom. The fraction of sp³-hybridized carbons (Fsp3) is 0.211. The van der Waals surface area contributed by atoms with Gasteiger partial charge in [0.05, 0.1) is 16.8 Å². The fourth-order valence-electron chi connectivity index (χ4n) is 2.62. The SMILES string of the molecule is O=C(CC1SC(=Nc2cccc(C(F)(F)F)c2)NC1=O)Nc1cccc(C(F)(F)F)c1. The molecule has 0 aromatic heterocycles. The average molecular weight is 461 g/mol. The molecule has 3 rings (SSSR count). The van der Waals surface area contributed by atoms with Gasteiger partial charge in [-0.05, 0) is 36.4 Å². The number of rotatable bonds is 4. The Balaban J connectivity index is 1.65. The minimum absolute atomic E-state index is 0.0150. The Bertz CT molecular complexity index is 1040. The van der Waals surface area contributed by atoms with Crippen LogP contribution in [0.5, 0.6) is 0 Å². The molecule has 5 nitrogen and oxygen atoms in total. The van der Waals surface area contributed by atoms with Crippen molar-refractivity contribution in [1.82, 2.24) is 5.32 Å². The van der Waals surface area contributed by atoms with Gasteiger partial charge in [-0.2, -0.15) is 26.3 Å². The minimum Gasteiger partial charge on any atom is -0.326 e. The number of anilines is 1. The fourth-order valence-corrected chi connectivity index (χ4v) is 3.60. The zero-order chi connectivity index (χ0) is 22.8. The molecule has 2 amide bonds. The van der Waals surface area contributed by atoms with Gasteiger partial charge in [0.15, 0.2) is 5.17 Å². The molecule has 2 aromatic rings. The number of halogens is 6. The lowest BCUT2D eigenvalue weighted by atomic mass is 10.2. The summed E-state index contributed by atoms with van der Waals surface area (Å²) < 4.78 is 76.6. The Labute approximate surface area is 175 Å². The van der Waals surface area contributed by atoms with E-state index in [1.54, 1.807) is 0 Å². The van der Waals surface area contributed by atoms with Crippen molar-refractivity contribution in [2.45, 2.75) is 24.0 Å². The van der Waals surface area contributed by atoms with Crippen LogP contribution < -0.4 is 10.6 Å². The molecule has 2 N–H and O–H groups in total. The maximum absolute atomic E-state index is 12.8. The number of thioether (sulfide) groups is 1. The molecule has 0 saturated carbocycles. The van der Waals surface area contributed by atoms with Crippen LogP contribution in [0.25, 0.3) is 0 Å². The number of nitrogens with one attached hydrogen (secondary N) is 2. The van der Waals surface area contributed by atoms with Crippen LogP contribution in [0.3, 0.4) is 0 Å². The smallest absolute Gasteiger partial charge is 0.326 e. The molecule has 0 radical (unpaired) electrons. The van der Waals surface area contributed by atoms with Crippen LogP contribution in [0.4, 0.5) is 37.7 Å². The molecule has 2 aromatic carbocycles. The predicted octanol–water partition coefficient (Wildman–Crippen LogP) is 4.97. The highest BCUT2D eigenvalue weighted by Gasteiger charge is 2.34. The van der Waals surface area contributed by atoms with Crippen LogP contribution >= 0.6 is 11.8 Å². The quantitative estimate of drug-likeness (QED) is 0.632. The molecule has 1 unspecified atom stereocenters. The van der Waals surface area contributed by atoms with Crippen molar-refractivity contribution in [3.8, 4) is 0 Å². The van der Waals surface area contributed by atoms with E-state index in [0.29, 0.717) is 0 Å². The van der Waals surface area contributed by atoms with Gasteiger partial charge in [-0.15, -0.1) is 0 Å². The van der Waals surface area contributed by atoms with Crippen molar-refractivity contribution >= 4 is 40.1 Å². The molecule has 1 saturated heterocycles. The minimum atomic E-state index is -4.57.